The number of methoxy groups -OCH3 is 1. The molecule has 6 heteroatoms. The maximum Gasteiger partial charge on any atom is 0.387 e. The Morgan fingerprint density at radius 3 is 2.57 bits per heavy atom. The summed E-state index contributed by atoms with van der Waals surface area (Å²) in [6.45, 7) is -0.204. The fraction of sp³-hybridized carbons (Fsp3) is 0.333. The lowest BCUT2D eigenvalue weighted by atomic mass is 10.2. The van der Waals surface area contributed by atoms with Gasteiger partial charge in [-0.3, -0.25) is 0 Å². The highest BCUT2D eigenvalue weighted by Gasteiger charge is 2.11. The molecule has 1 aromatic carbocycles. The summed E-state index contributed by atoms with van der Waals surface area (Å²) in [5.74, 6) is 0.692. The lowest BCUT2D eigenvalue weighted by molar-refractivity contribution is -0.0493. The van der Waals surface area contributed by atoms with Crippen molar-refractivity contribution in [2.45, 2.75) is 26.5 Å². The third-order valence-electron chi connectivity index (χ3n) is 2.92. The third-order valence-corrected chi connectivity index (χ3v) is 4.15. The van der Waals surface area contributed by atoms with Crippen LogP contribution in [0.3, 0.4) is 0 Å². The summed E-state index contributed by atoms with van der Waals surface area (Å²) < 4.78 is 34.5. The highest BCUT2D eigenvalue weighted by molar-refractivity contribution is 7.12. The molecule has 21 heavy (non-hydrogen) atoms. The van der Waals surface area contributed by atoms with Gasteiger partial charge in [0.1, 0.15) is 11.5 Å². The second-order valence-electron chi connectivity index (χ2n) is 4.32. The van der Waals surface area contributed by atoms with Crippen molar-refractivity contribution >= 4 is 17.0 Å². The van der Waals surface area contributed by atoms with Crippen molar-refractivity contribution < 1.29 is 18.3 Å². The van der Waals surface area contributed by atoms with E-state index < -0.39 is 6.61 Å². The number of anilines is 1. The van der Waals surface area contributed by atoms with Crippen LogP contribution < -0.4 is 14.8 Å². The molecule has 3 nitrogen and oxygen atoms in total. The van der Waals surface area contributed by atoms with Gasteiger partial charge in [0.15, 0.2) is 0 Å². The first kappa shape index (κ1) is 15.6. The van der Waals surface area contributed by atoms with Crippen molar-refractivity contribution in [1.29, 1.82) is 0 Å². The zero-order valence-corrected chi connectivity index (χ0v) is 12.7. The number of nitrogens with one attached hydrogen (secondary N) is 1. The monoisotopic (exact) mass is 313 g/mol. The van der Waals surface area contributed by atoms with Gasteiger partial charge in [-0.05, 0) is 30.7 Å². The fourth-order valence-corrected chi connectivity index (χ4v) is 2.76. The predicted molar refractivity (Wildman–Crippen MR) is 80.6 cm³/mol. The molecule has 114 valence electrons. The summed E-state index contributed by atoms with van der Waals surface area (Å²) in [5.41, 5.74) is 0.487. The third kappa shape index (κ3) is 4.32. The van der Waals surface area contributed by atoms with Gasteiger partial charge in [0.05, 0.1) is 12.8 Å². The molecular weight excluding hydrogens is 296 g/mol. The molecule has 2 rings (SSSR count). The normalized spacial score (nSPS) is 10.7. The van der Waals surface area contributed by atoms with E-state index in [4.69, 9.17) is 4.74 Å². The van der Waals surface area contributed by atoms with E-state index >= 15 is 0 Å². The molecule has 1 heterocycles. The van der Waals surface area contributed by atoms with Crippen LogP contribution in [0.15, 0.2) is 30.3 Å². The summed E-state index contributed by atoms with van der Waals surface area (Å²) >= 11 is 1.70. The molecule has 0 saturated carbocycles. The molecule has 2 aromatic rings. The standard InChI is InChI=1S/C15H17F2NO2S/c1-3-11-5-6-12(21-11)9-18-13-8-10(19-2)4-7-14(13)20-15(16)17/h4-8,15,18H,3,9H2,1-2H3. The number of hydrogen-bond acceptors (Lipinski definition) is 4. The van der Waals surface area contributed by atoms with Gasteiger partial charge in [0, 0.05) is 22.4 Å². The van der Waals surface area contributed by atoms with Crippen LogP contribution in [0.5, 0.6) is 11.5 Å². The molecule has 0 amide bonds. The highest BCUT2D eigenvalue weighted by Crippen LogP contribution is 2.31. The molecule has 0 aliphatic rings. The number of alkyl halides is 2. The number of thiophene rings is 1. The smallest absolute Gasteiger partial charge is 0.387 e. The molecule has 0 atom stereocenters. The Kier molecular flexibility index (Phi) is 5.38. The number of halogens is 2. The topological polar surface area (TPSA) is 30.5 Å². The molecule has 0 aliphatic carbocycles. The second-order valence-corrected chi connectivity index (χ2v) is 5.57. The van der Waals surface area contributed by atoms with Gasteiger partial charge in [0.25, 0.3) is 0 Å². The molecule has 0 saturated heterocycles. The number of ether oxygens (including phenoxy) is 2. The average Bonchev–Trinajstić information content (AvgIpc) is 2.93. The van der Waals surface area contributed by atoms with Crippen molar-refractivity contribution in [3.05, 3.63) is 40.1 Å². The van der Waals surface area contributed by atoms with Gasteiger partial charge in [0.2, 0.25) is 0 Å². The van der Waals surface area contributed by atoms with Crippen molar-refractivity contribution in [2.75, 3.05) is 12.4 Å². The van der Waals surface area contributed by atoms with E-state index in [-0.39, 0.29) is 5.75 Å². The Bertz CT molecular complexity index is 587. The number of benzene rings is 1. The first-order valence-electron chi connectivity index (χ1n) is 6.56. The summed E-state index contributed by atoms with van der Waals surface area (Å²) in [6.07, 6.45) is 0.990. The predicted octanol–water partition coefficient (Wildman–Crippen LogP) is 4.53. The van der Waals surface area contributed by atoms with Gasteiger partial charge in [-0.1, -0.05) is 6.92 Å². The van der Waals surface area contributed by atoms with Crippen LogP contribution in [-0.4, -0.2) is 13.7 Å². The zero-order chi connectivity index (χ0) is 15.2. The van der Waals surface area contributed by atoms with Crippen molar-refractivity contribution in [2.24, 2.45) is 0 Å². The molecule has 0 bridgehead atoms. The minimum absolute atomic E-state index is 0.109. The molecule has 0 fully saturated rings. The second kappa shape index (κ2) is 7.26. The Labute approximate surface area is 126 Å². The zero-order valence-electron chi connectivity index (χ0n) is 11.9. The minimum atomic E-state index is -2.85. The molecular formula is C15H17F2NO2S. The van der Waals surface area contributed by atoms with Gasteiger partial charge < -0.3 is 14.8 Å². The van der Waals surface area contributed by atoms with Crippen LogP contribution in [0.4, 0.5) is 14.5 Å². The molecule has 1 N–H and O–H groups in total. The van der Waals surface area contributed by atoms with Crippen LogP contribution in [-0.2, 0) is 13.0 Å². The van der Waals surface area contributed by atoms with Crippen molar-refractivity contribution in [3.8, 4) is 11.5 Å². The first-order chi connectivity index (χ1) is 10.1. The lowest BCUT2D eigenvalue weighted by Gasteiger charge is -2.13. The molecule has 1 aromatic heterocycles. The first-order valence-corrected chi connectivity index (χ1v) is 7.38. The van der Waals surface area contributed by atoms with E-state index in [1.165, 1.54) is 18.1 Å². The Morgan fingerprint density at radius 1 is 1.19 bits per heavy atom. The van der Waals surface area contributed by atoms with Crippen molar-refractivity contribution in [1.82, 2.24) is 0 Å². The summed E-state index contributed by atoms with van der Waals surface area (Å²) in [5, 5.41) is 3.12. The Balaban J connectivity index is 2.12. The van der Waals surface area contributed by atoms with E-state index in [0.717, 1.165) is 11.3 Å². The summed E-state index contributed by atoms with van der Waals surface area (Å²) in [6, 6.07) is 8.81. The Hall–Kier alpha value is -1.82. The largest absolute Gasteiger partial charge is 0.497 e. The van der Waals surface area contributed by atoms with Crippen LogP contribution in [0.1, 0.15) is 16.7 Å². The molecule has 0 aliphatic heterocycles. The maximum absolute atomic E-state index is 12.4. The van der Waals surface area contributed by atoms with E-state index in [0.29, 0.717) is 18.0 Å². The van der Waals surface area contributed by atoms with Crippen LogP contribution in [0.25, 0.3) is 0 Å². The highest BCUT2D eigenvalue weighted by atomic mass is 32.1. The van der Waals surface area contributed by atoms with Crippen LogP contribution in [0, 0.1) is 0 Å². The van der Waals surface area contributed by atoms with E-state index in [1.807, 2.05) is 6.07 Å². The van der Waals surface area contributed by atoms with E-state index in [9.17, 15) is 8.78 Å². The summed E-state index contributed by atoms with van der Waals surface area (Å²) in [7, 11) is 1.53. The lowest BCUT2D eigenvalue weighted by Crippen LogP contribution is -2.06. The van der Waals surface area contributed by atoms with E-state index in [2.05, 4.69) is 23.0 Å². The maximum atomic E-state index is 12.4. The number of rotatable bonds is 7. The number of hydrogen-bond donors (Lipinski definition) is 1. The minimum Gasteiger partial charge on any atom is -0.497 e. The number of aryl methyl sites for hydroxylation is 1. The quantitative estimate of drug-likeness (QED) is 0.814. The van der Waals surface area contributed by atoms with Gasteiger partial charge in [-0.15, -0.1) is 11.3 Å². The average molecular weight is 313 g/mol. The fourth-order valence-electron chi connectivity index (χ4n) is 1.86. The molecule has 0 radical (unpaired) electrons. The SMILES string of the molecule is CCc1ccc(CNc2cc(OC)ccc2OC(F)F)s1. The van der Waals surface area contributed by atoms with Gasteiger partial charge in [-0.25, -0.2) is 0 Å². The van der Waals surface area contributed by atoms with E-state index in [1.54, 1.807) is 23.5 Å². The van der Waals surface area contributed by atoms with Gasteiger partial charge >= 0.3 is 6.61 Å². The summed E-state index contributed by atoms with van der Waals surface area (Å²) in [4.78, 5) is 2.43. The van der Waals surface area contributed by atoms with Crippen LogP contribution in [0.2, 0.25) is 0 Å². The molecule has 0 unspecified atom stereocenters. The Morgan fingerprint density at radius 2 is 1.95 bits per heavy atom. The molecule has 0 spiro atoms. The van der Waals surface area contributed by atoms with Crippen LogP contribution >= 0.6 is 11.3 Å². The van der Waals surface area contributed by atoms with Crippen molar-refractivity contribution in [3.63, 3.8) is 0 Å². The van der Waals surface area contributed by atoms with Gasteiger partial charge in [-0.2, -0.15) is 8.78 Å².